The molecular formula is C9H14N2O5S2. The van der Waals surface area contributed by atoms with Gasteiger partial charge in [-0.05, 0) is 6.54 Å². The summed E-state index contributed by atoms with van der Waals surface area (Å²) in [6.45, 7) is 2.58. The molecular weight excluding hydrogens is 280 g/mol. The first kappa shape index (κ1) is 16.8. The molecule has 0 radical (unpaired) electrons. The summed E-state index contributed by atoms with van der Waals surface area (Å²) < 4.78 is 0.469. The van der Waals surface area contributed by atoms with Gasteiger partial charge in [0.25, 0.3) is 6.47 Å². The van der Waals surface area contributed by atoms with Crippen molar-refractivity contribution < 1.29 is 24.6 Å². The minimum atomic E-state index is -0.886. The van der Waals surface area contributed by atoms with Gasteiger partial charge >= 0.3 is 5.97 Å². The van der Waals surface area contributed by atoms with Crippen molar-refractivity contribution in [2.75, 3.05) is 19.6 Å². The number of thiocarbonyl (C=S) groups is 1. The highest BCUT2D eigenvalue weighted by atomic mass is 32.2. The van der Waals surface area contributed by atoms with Crippen LogP contribution < -0.4 is 5.32 Å². The summed E-state index contributed by atoms with van der Waals surface area (Å²) in [6.07, 6.45) is 0. The van der Waals surface area contributed by atoms with Crippen molar-refractivity contribution in [1.29, 1.82) is 0 Å². The van der Waals surface area contributed by atoms with E-state index < -0.39 is 5.97 Å². The SMILES string of the molecule is CCN(CC(=O)O)CC1SC(=S)NC1=O.O=CO. The second-order valence-corrected chi connectivity index (χ2v) is 5.09. The third kappa shape index (κ3) is 6.52. The predicted octanol–water partition coefficient (Wildman–Crippen LogP) is -0.390. The van der Waals surface area contributed by atoms with Crippen molar-refractivity contribution >= 4 is 46.6 Å². The van der Waals surface area contributed by atoms with Crippen LogP contribution in [0.15, 0.2) is 0 Å². The first-order valence-corrected chi connectivity index (χ1v) is 6.26. The van der Waals surface area contributed by atoms with Gasteiger partial charge in [0, 0.05) is 6.54 Å². The number of hydrogen-bond acceptors (Lipinski definition) is 6. The third-order valence-corrected chi connectivity index (χ3v) is 3.35. The number of carbonyl (C=O) groups excluding carboxylic acids is 1. The number of rotatable bonds is 5. The Morgan fingerprint density at radius 3 is 2.56 bits per heavy atom. The predicted molar refractivity (Wildman–Crippen MR) is 70.6 cm³/mol. The highest BCUT2D eigenvalue weighted by Gasteiger charge is 2.30. The van der Waals surface area contributed by atoms with Crippen LogP contribution >= 0.6 is 24.0 Å². The quantitative estimate of drug-likeness (QED) is 0.465. The van der Waals surface area contributed by atoms with E-state index in [1.165, 1.54) is 11.8 Å². The molecule has 1 amide bonds. The zero-order valence-electron chi connectivity index (χ0n) is 9.66. The van der Waals surface area contributed by atoms with Crippen molar-refractivity contribution in [2.45, 2.75) is 12.2 Å². The van der Waals surface area contributed by atoms with Crippen molar-refractivity contribution in [3.63, 3.8) is 0 Å². The highest BCUT2D eigenvalue weighted by molar-refractivity contribution is 8.24. The number of carboxylic acid groups (broad SMARTS) is 2. The van der Waals surface area contributed by atoms with Crippen molar-refractivity contribution in [3.8, 4) is 0 Å². The van der Waals surface area contributed by atoms with E-state index in [1.54, 1.807) is 4.90 Å². The molecule has 9 heteroatoms. The maximum absolute atomic E-state index is 11.3. The first-order chi connectivity index (χ1) is 8.44. The fourth-order valence-corrected chi connectivity index (χ4v) is 2.56. The summed E-state index contributed by atoms with van der Waals surface area (Å²) >= 11 is 6.13. The summed E-state index contributed by atoms with van der Waals surface area (Å²) in [5, 5.41) is 17.8. The van der Waals surface area contributed by atoms with Crippen LogP contribution in [0, 0.1) is 0 Å². The highest BCUT2D eigenvalue weighted by Crippen LogP contribution is 2.20. The molecule has 1 saturated heterocycles. The molecule has 1 rings (SSSR count). The van der Waals surface area contributed by atoms with Gasteiger partial charge in [0.05, 0.1) is 6.54 Å². The number of likely N-dealkylation sites (N-methyl/N-ethyl adjacent to an activating group) is 1. The summed E-state index contributed by atoms with van der Waals surface area (Å²) in [5.74, 6) is -1.02. The second kappa shape index (κ2) is 8.84. The molecule has 0 saturated carbocycles. The van der Waals surface area contributed by atoms with Gasteiger partial charge in [-0.1, -0.05) is 30.9 Å². The zero-order valence-corrected chi connectivity index (χ0v) is 11.3. The van der Waals surface area contributed by atoms with E-state index in [0.717, 1.165) is 0 Å². The monoisotopic (exact) mass is 294 g/mol. The number of carboxylic acids is 1. The van der Waals surface area contributed by atoms with E-state index in [0.29, 0.717) is 17.4 Å². The lowest BCUT2D eigenvalue weighted by molar-refractivity contribution is -0.138. The number of thioether (sulfide) groups is 1. The van der Waals surface area contributed by atoms with Gasteiger partial charge < -0.3 is 15.5 Å². The average molecular weight is 294 g/mol. The van der Waals surface area contributed by atoms with Crippen LogP contribution in [0.25, 0.3) is 0 Å². The maximum Gasteiger partial charge on any atom is 0.317 e. The van der Waals surface area contributed by atoms with E-state index in [4.69, 9.17) is 27.2 Å². The molecule has 0 aliphatic carbocycles. The average Bonchev–Trinajstić information content (AvgIpc) is 2.57. The minimum absolute atomic E-state index is 0.0480. The zero-order chi connectivity index (χ0) is 14.1. The second-order valence-electron chi connectivity index (χ2n) is 3.21. The number of nitrogens with one attached hydrogen (secondary N) is 1. The summed E-state index contributed by atoms with van der Waals surface area (Å²) in [4.78, 5) is 31.9. The Morgan fingerprint density at radius 2 is 2.22 bits per heavy atom. The Balaban J connectivity index is 0.000000873. The van der Waals surface area contributed by atoms with Crippen molar-refractivity contribution in [1.82, 2.24) is 10.2 Å². The molecule has 0 aromatic rings. The van der Waals surface area contributed by atoms with Crippen molar-refractivity contribution in [2.24, 2.45) is 0 Å². The maximum atomic E-state index is 11.3. The first-order valence-electron chi connectivity index (χ1n) is 4.98. The van der Waals surface area contributed by atoms with E-state index in [1.807, 2.05) is 6.92 Å². The minimum Gasteiger partial charge on any atom is -0.483 e. The fraction of sp³-hybridized carbons (Fsp3) is 0.556. The lowest BCUT2D eigenvalue weighted by atomic mass is 10.3. The van der Waals surface area contributed by atoms with E-state index in [9.17, 15) is 9.59 Å². The standard InChI is InChI=1S/C8H12N2O3S2.CH2O2/c1-2-10(4-6(11)12)3-5-7(13)9-8(14)15-5;2-1-3/h5H,2-4H2,1H3,(H,11,12)(H,9,13,14);1H,(H,2,3). The molecule has 3 N–H and O–H groups in total. The van der Waals surface area contributed by atoms with Crippen LogP contribution in [0.2, 0.25) is 0 Å². The fourth-order valence-electron chi connectivity index (χ4n) is 1.24. The van der Waals surface area contributed by atoms with Crippen LogP contribution in [0.4, 0.5) is 0 Å². The van der Waals surface area contributed by atoms with E-state index in [-0.39, 0.29) is 24.2 Å². The Morgan fingerprint density at radius 1 is 1.67 bits per heavy atom. The largest absolute Gasteiger partial charge is 0.483 e. The number of aliphatic carboxylic acids is 1. The Bertz CT molecular complexity index is 337. The Kier molecular flexibility index (Phi) is 8.25. The number of hydrogen-bond donors (Lipinski definition) is 3. The molecule has 0 bridgehead atoms. The Hall–Kier alpha value is -1.19. The van der Waals surface area contributed by atoms with Gasteiger partial charge in [-0.2, -0.15) is 0 Å². The smallest absolute Gasteiger partial charge is 0.317 e. The molecule has 1 fully saturated rings. The molecule has 0 aromatic heterocycles. The van der Waals surface area contributed by atoms with Crippen LogP contribution in [0.1, 0.15) is 6.92 Å². The number of carbonyl (C=O) groups is 3. The summed E-state index contributed by atoms with van der Waals surface area (Å²) in [6, 6.07) is 0. The molecule has 1 aliphatic rings. The molecule has 1 aliphatic heterocycles. The molecule has 0 spiro atoms. The molecule has 0 aromatic carbocycles. The van der Waals surface area contributed by atoms with Gasteiger partial charge in [-0.15, -0.1) is 0 Å². The lowest BCUT2D eigenvalue weighted by Gasteiger charge is -2.19. The molecule has 18 heavy (non-hydrogen) atoms. The number of amides is 1. The van der Waals surface area contributed by atoms with Crippen LogP contribution in [-0.2, 0) is 14.4 Å². The summed E-state index contributed by atoms with van der Waals surface area (Å²) in [5.41, 5.74) is 0. The van der Waals surface area contributed by atoms with Gasteiger partial charge in [0.1, 0.15) is 9.57 Å². The van der Waals surface area contributed by atoms with E-state index in [2.05, 4.69) is 5.32 Å². The summed E-state index contributed by atoms with van der Waals surface area (Å²) in [7, 11) is 0. The van der Waals surface area contributed by atoms with Crippen LogP contribution in [0.3, 0.4) is 0 Å². The lowest BCUT2D eigenvalue weighted by Crippen LogP contribution is -2.38. The third-order valence-electron chi connectivity index (χ3n) is 2.00. The molecule has 1 heterocycles. The van der Waals surface area contributed by atoms with Gasteiger partial charge in [0.2, 0.25) is 5.91 Å². The molecule has 102 valence electrons. The molecule has 1 atom stereocenters. The Labute approximate surface area is 114 Å². The van der Waals surface area contributed by atoms with Gasteiger partial charge in [0.15, 0.2) is 0 Å². The van der Waals surface area contributed by atoms with Crippen LogP contribution in [-0.4, -0.2) is 62.7 Å². The van der Waals surface area contributed by atoms with Gasteiger partial charge in [-0.25, -0.2) is 0 Å². The molecule has 1 unspecified atom stereocenters. The number of nitrogens with zero attached hydrogens (tertiary/aromatic N) is 1. The molecule has 7 nitrogen and oxygen atoms in total. The van der Waals surface area contributed by atoms with Crippen LogP contribution in [0.5, 0.6) is 0 Å². The normalized spacial score (nSPS) is 18.0. The topological polar surface area (TPSA) is 107 Å². The van der Waals surface area contributed by atoms with Gasteiger partial charge in [-0.3, -0.25) is 19.3 Å². The van der Waals surface area contributed by atoms with E-state index >= 15 is 0 Å². The van der Waals surface area contributed by atoms with Crippen molar-refractivity contribution in [3.05, 3.63) is 0 Å².